The number of rotatable bonds is 5. The van der Waals surface area contributed by atoms with Gasteiger partial charge in [0.2, 0.25) is 0 Å². The highest BCUT2D eigenvalue weighted by atomic mass is 32.2. The maximum Gasteiger partial charge on any atom is 0.161 e. The molecule has 114 valence electrons. The van der Waals surface area contributed by atoms with Crippen molar-refractivity contribution in [3.8, 4) is 11.5 Å². The molecule has 22 heavy (non-hydrogen) atoms. The van der Waals surface area contributed by atoms with Gasteiger partial charge in [0.1, 0.15) is 10.4 Å². The van der Waals surface area contributed by atoms with Crippen LogP contribution in [0, 0.1) is 0 Å². The van der Waals surface area contributed by atoms with Gasteiger partial charge in [-0.15, -0.1) is 0 Å². The van der Waals surface area contributed by atoms with Crippen LogP contribution >= 0.6 is 11.8 Å². The first-order valence-corrected chi connectivity index (χ1v) is 8.06. The predicted octanol–water partition coefficient (Wildman–Crippen LogP) is 3.79. The summed E-state index contributed by atoms with van der Waals surface area (Å²) in [5.74, 6) is 1.51. The van der Waals surface area contributed by atoms with Crippen molar-refractivity contribution in [2.45, 2.75) is 12.3 Å². The van der Waals surface area contributed by atoms with Crippen LogP contribution in [0.25, 0.3) is 0 Å². The summed E-state index contributed by atoms with van der Waals surface area (Å²) in [6.07, 6.45) is 0. The Kier molecular flexibility index (Phi) is 4.53. The predicted molar refractivity (Wildman–Crippen MR) is 90.6 cm³/mol. The Bertz CT molecular complexity index is 674. The largest absolute Gasteiger partial charge is 0.493 e. The molecule has 0 aromatic heterocycles. The van der Waals surface area contributed by atoms with E-state index in [0.29, 0.717) is 6.61 Å². The Hall–Kier alpha value is -2.14. The number of nitrogens with zero attached hydrogens (tertiary/aromatic N) is 1. The van der Waals surface area contributed by atoms with Gasteiger partial charge in [-0.1, -0.05) is 48.2 Å². The molecule has 0 bridgehead atoms. The molecule has 0 amide bonds. The third kappa shape index (κ3) is 3.04. The number of hydrazone groups is 1. The SMILES string of the molecule is CCOc1cc([C@@H]2NN=C(c3ccccc3)S2)ccc1OC. The molecule has 0 unspecified atom stereocenters. The smallest absolute Gasteiger partial charge is 0.161 e. The first kappa shape index (κ1) is 14.8. The van der Waals surface area contributed by atoms with Gasteiger partial charge in [0.05, 0.1) is 13.7 Å². The zero-order chi connectivity index (χ0) is 15.4. The van der Waals surface area contributed by atoms with E-state index < -0.39 is 0 Å². The minimum atomic E-state index is 0.0836. The molecule has 0 saturated carbocycles. The molecule has 2 aromatic rings. The van der Waals surface area contributed by atoms with Crippen molar-refractivity contribution in [2.75, 3.05) is 13.7 Å². The Morgan fingerprint density at radius 3 is 2.68 bits per heavy atom. The fraction of sp³-hybridized carbons (Fsp3) is 0.235. The van der Waals surface area contributed by atoms with E-state index in [2.05, 4.69) is 22.7 Å². The van der Waals surface area contributed by atoms with Gasteiger partial charge < -0.3 is 9.47 Å². The monoisotopic (exact) mass is 314 g/mol. The van der Waals surface area contributed by atoms with Crippen molar-refractivity contribution < 1.29 is 9.47 Å². The van der Waals surface area contributed by atoms with Gasteiger partial charge in [-0.05, 0) is 24.6 Å². The van der Waals surface area contributed by atoms with Crippen molar-refractivity contribution in [2.24, 2.45) is 5.10 Å². The minimum Gasteiger partial charge on any atom is -0.493 e. The standard InChI is InChI=1S/C17H18N2O2S/c1-3-21-15-11-13(9-10-14(15)20-2)17-19-18-16(22-17)12-7-5-4-6-8-12/h4-11,17,19H,3H2,1-2H3/t17-/m1/s1. The summed E-state index contributed by atoms with van der Waals surface area (Å²) in [6.45, 7) is 2.57. The normalized spacial score (nSPS) is 16.8. The fourth-order valence-corrected chi connectivity index (χ4v) is 3.25. The molecule has 0 spiro atoms. The lowest BCUT2D eigenvalue weighted by Crippen LogP contribution is -2.07. The Morgan fingerprint density at radius 2 is 1.95 bits per heavy atom. The third-order valence-electron chi connectivity index (χ3n) is 3.32. The van der Waals surface area contributed by atoms with Crippen LogP contribution in [0.4, 0.5) is 0 Å². The molecular formula is C17H18N2O2S. The molecule has 3 rings (SSSR count). The zero-order valence-electron chi connectivity index (χ0n) is 12.6. The van der Waals surface area contributed by atoms with Gasteiger partial charge >= 0.3 is 0 Å². The number of hydrogen-bond acceptors (Lipinski definition) is 5. The first-order valence-electron chi connectivity index (χ1n) is 7.18. The number of benzene rings is 2. The van der Waals surface area contributed by atoms with Gasteiger partial charge in [-0.2, -0.15) is 5.10 Å². The lowest BCUT2D eigenvalue weighted by molar-refractivity contribution is 0.310. The van der Waals surface area contributed by atoms with Gasteiger partial charge in [0, 0.05) is 5.56 Å². The third-order valence-corrected chi connectivity index (χ3v) is 4.49. The van der Waals surface area contributed by atoms with Gasteiger partial charge in [0.15, 0.2) is 11.5 Å². The van der Waals surface area contributed by atoms with Crippen molar-refractivity contribution in [3.05, 3.63) is 59.7 Å². The van der Waals surface area contributed by atoms with Crippen LogP contribution in [0.5, 0.6) is 11.5 Å². The molecule has 0 aliphatic carbocycles. The average molecular weight is 314 g/mol. The average Bonchev–Trinajstić information content (AvgIpc) is 3.06. The number of ether oxygens (including phenoxy) is 2. The van der Waals surface area contributed by atoms with Crippen LogP contribution in [0.3, 0.4) is 0 Å². The van der Waals surface area contributed by atoms with Gasteiger partial charge in [-0.3, -0.25) is 5.43 Å². The molecule has 0 saturated heterocycles. The molecular weight excluding hydrogens is 296 g/mol. The van der Waals surface area contributed by atoms with E-state index in [1.165, 1.54) is 0 Å². The molecule has 1 aliphatic rings. The highest BCUT2D eigenvalue weighted by Crippen LogP contribution is 2.38. The second kappa shape index (κ2) is 6.75. The summed E-state index contributed by atoms with van der Waals surface area (Å²) in [6, 6.07) is 16.2. The molecule has 1 N–H and O–H groups in total. The van der Waals surface area contributed by atoms with E-state index >= 15 is 0 Å². The number of methoxy groups -OCH3 is 1. The first-order chi connectivity index (χ1) is 10.8. The minimum absolute atomic E-state index is 0.0836. The van der Waals surface area contributed by atoms with E-state index in [0.717, 1.165) is 27.7 Å². The van der Waals surface area contributed by atoms with Crippen LogP contribution in [0.2, 0.25) is 0 Å². The molecule has 4 nitrogen and oxygen atoms in total. The fourth-order valence-electron chi connectivity index (χ4n) is 2.26. The Balaban J connectivity index is 1.78. The maximum atomic E-state index is 5.64. The topological polar surface area (TPSA) is 42.8 Å². The second-order valence-electron chi connectivity index (χ2n) is 4.75. The number of hydrogen-bond donors (Lipinski definition) is 1. The van der Waals surface area contributed by atoms with E-state index in [1.807, 2.05) is 43.3 Å². The molecule has 5 heteroatoms. The lowest BCUT2D eigenvalue weighted by atomic mass is 10.2. The summed E-state index contributed by atoms with van der Waals surface area (Å²) in [5.41, 5.74) is 5.42. The zero-order valence-corrected chi connectivity index (χ0v) is 13.4. The van der Waals surface area contributed by atoms with Crippen LogP contribution in [-0.4, -0.2) is 18.8 Å². The van der Waals surface area contributed by atoms with Crippen LogP contribution in [0.15, 0.2) is 53.6 Å². The quantitative estimate of drug-likeness (QED) is 0.912. The molecule has 0 fully saturated rings. The summed E-state index contributed by atoms with van der Waals surface area (Å²) >= 11 is 1.70. The van der Waals surface area contributed by atoms with Crippen molar-refractivity contribution in [3.63, 3.8) is 0 Å². The summed E-state index contributed by atoms with van der Waals surface area (Å²) in [7, 11) is 1.65. The van der Waals surface area contributed by atoms with E-state index in [9.17, 15) is 0 Å². The molecule has 1 atom stereocenters. The number of nitrogens with one attached hydrogen (secondary N) is 1. The second-order valence-corrected chi connectivity index (χ2v) is 5.85. The Labute approximate surface area is 134 Å². The maximum absolute atomic E-state index is 5.64. The van der Waals surface area contributed by atoms with Crippen LogP contribution in [0.1, 0.15) is 23.4 Å². The van der Waals surface area contributed by atoms with Crippen molar-refractivity contribution in [1.82, 2.24) is 5.43 Å². The van der Waals surface area contributed by atoms with Gasteiger partial charge in [-0.25, -0.2) is 0 Å². The highest BCUT2D eigenvalue weighted by Gasteiger charge is 2.23. The van der Waals surface area contributed by atoms with E-state index in [1.54, 1.807) is 18.9 Å². The summed E-state index contributed by atoms with van der Waals surface area (Å²) in [4.78, 5) is 0. The van der Waals surface area contributed by atoms with Crippen LogP contribution in [-0.2, 0) is 0 Å². The van der Waals surface area contributed by atoms with Crippen LogP contribution < -0.4 is 14.9 Å². The van der Waals surface area contributed by atoms with E-state index in [-0.39, 0.29) is 5.37 Å². The summed E-state index contributed by atoms with van der Waals surface area (Å²) in [5, 5.41) is 5.52. The molecule has 1 heterocycles. The lowest BCUT2D eigenvalue weighted by Gasteiger charge is -2.14. The molecule has 2 aromatic carbocycles. The molecule has 1 aliphatic heterocycles. The Morgan fingerprint density at radius 1 is 1.14 bits per heavy atom. The van der Waals surface area contributed by atoms with Crippen molar-refractivity contribution >= 4 is 16.8 Å². The molecule has 0 radical (unpaired) electrons. The summed E-state index contributed by atoms with van der Waals surface area (Å²) < 4.78 is 11.0. The van der Waals surface area contributed by atoms with E-state index in [4.69, 9.17) is 9.47 Å². The van der Waals surface area contributed by atoms with Gasteiger partial charge in [0.25, 0.3) is 0 Å². The highest BCUT2D eigenvalue weighted by molar-refractivity contribution is 8.14. The number of thioether (sulfide) groups is 1. The van der Waals surface area contributed by atoms with Crippen molar-refractivity contribution in [1.29, 1.82) is 0 Å².